The van der Waals surface area contributed by atoms with Crippen LogP contribution in [-0.4, -0.2) is 53.6 Å². The van der Waals surface area contributed by atoms with Gasteiger partial charge in [0.05, 0.1) is 5.69 Å². The molecule has 1 saturated heterocycles. The normalized spacial score (nSPS) is 15.4. The quantitative estimate of drug-likeness (QED) is 0.336. The maximum absolute atomic E-state index is 13.3. The lowest BCUT2D eigenvalue weighted by atomic mass is 9.89. The van der Waals surface area contributed by atoms with Crippen molar-refractivity contribution < 1.29 is 9.59 Å². The predicted octanol–water partition coefficient (Wildman–Crippen LogP) is 6.80. The number of rotatable bonds is 8. The molecular weight excluding hydrogens is 508 g/mol. The second-order valence-corrected chi connectivity index (χ2v) is 11.1. The number of piperidine rings is 1. The molecule has 6 nitrogen and oxygen atoms in total. The molecule has 0 radical (unpaired) electrons. The molecule has 0 unspecified atom stereocenters. The van der Waals surface area contributed by atoms with Crippen molar-refractivity contribution in [2.75, 3.05) is 26.2 Å². The summed E-state index contributed by atoms with van der Waals surface area (Å²) in [5, 5.41) is 0. The van der Waals surface area contributed by atoms with Gasteiger partial charge in [-0.2, -0.15) is 0 Å². The summed E-state index contributed by atoms with van der Waals surface area (Å²) in [6.45, 7) is 7.19. The van der Waals surface area contributed by atoms with Crippen LogP contribution in [0.2, 0.25) is 0 Å². The smallest absolute Gasteiger partial charge is 0.253 e. The van der Waals surface area contributed by atoms with Gasteiger partial charge in [-0.25, -0.2) is 4.99 Å². The molecule has 3 aromatic rings. The van der Waals surface area contributed by atoms with Crippen LogP contribution in [0.25, 0.3) is 17.2 Å². The van der Waals surface area contributed by atoms with Crippen molar-refractivity contribution in [2.24, 2.45) is 10.7 Å². The first-order chi connectivity index (χ1) is 20.0. The number of nitrogens with zero attached hydrogens (tertiary/aromatic N) is 3. The predicted molar refractivity (Wildman–Crippen MR) is 167 cm³/mol. The van der Waals surface area contributed by atoms with Gasteiger partial charge in [-0.3, -0.25) is 9.59 Å². The Morgan fingerprint density at radius 2 is 1.56 bits per heavy atom. The molecule has 1 fully saturated rings. The van der Waals surface area contributed by atoms with E-state index < -0.39 is 0 Å². The Hall–Kier alpha value is -4.19. The zero-order valence-corrected chi connectivity index (χ0v) is 24.2. The number of carbonyl (C=O) groups excluding carboxylic acids is 2. The Bertz CT molecular complexity index is 1430. The Morgan fingerprint density at radius 1 is 0.902 bits per heavy atom. The minimum absolute atomic E-state index is 0.0355. The van der Waals surface area contributed by atoms with Crippen LogP contribution in [0, 0.1) is 0 Å². The van der Waals surface area contributed by atoms with Gasteiger partial charge in [-0.15, -0.1) is 0 Å². The van der Waals surface area contributed by atoms with Crippen molar-refractivity contribution in [2.45, 2.75) is 51.9 Å². The molecule has 3 aromatic carbocycles. The van der Waals surface area contributed by atoms with E-state index in [0.29, 0.717) is 29.3 Å². The van der Waals surface area contributed by atoms with E-state index in [1.165, 1.54) is 5.56 Å². The molecule has 0 aliphatic carbocycles. The second-order valence-electron chi connectivity index (χ2n) is 11.1. The summed E-state index contributed by atoms with van der Waals surface area (Å²) in [6.07, 6.45) is 6.09. The molecular formula is C35H40N4O2. The number of hydrogen-bond acceptors (Lipinski definition) is 4. The summed E-state index contributed by atoms with van der Waals surface area (Å²) >= 11 is 0. The largest absolute Gasteiger partial charge is 0.387 e. The van der Waals surface area contributed by atoms with E-state index >= 15 is 0 Å². The summed E-state index contributed by atoms with van der Waals surface area (Å²) in [5.74, 6) is 1.08. The molecule has 2 heterocycles. The first-order valence-electron chi connectivity index (χ1n) is 14.9. The Balaban J connectivity index is 1.29. The van der Waals surface area contributed by atoms with Crippen LogP contribution in [-0.2, 0) is 4.79 Å². The SMILES string of the molecule is CCCN(CCC)C(=O)C1=Cc2ccc(-c3ccc(C(=O)N4CCC(c5ccccc5)CC4)cc3)cc2N=C(N)C1. The molecule has 2 amide bonds. The first-order valence-corrected chi connectivity index (χ1v) is 14.9. The topological polar surface area (TPSA) is 79.0 Å². The summed E-state index contributed by atoms with van der Waals surface area (Å²) in [5.41, 5.74) is 12.7. The summed E-state index contributed by atoms with van der Waals surface area (Å²) in [7, 11) is 0. The Morgan fingerprint density at radius 3 is 2.22 bits per heavy atom. The lowest BCUT2D eigenvalue weighted by Crippen LogP contribution is -2.37. The average molecular weight is 549 g/mol. The van der Waals surface area contributed by atoms with Gasteiger partial charge in [-0.05, 0) is 72.6 Å². The van der Waals surface area contributed by atoms with E-state index in [1.807, 2.05) is 64.4 Å². The maximum Gasteiger partial charge on any atom is 0.253 e. The van der Waals surface area contributed by atoms with Crippen LogP contribution < -0.4 is 5.73 Å². The molecule has 2 aliphatic heterocycles. The van der Waals surface area contributed by atoms with E-state index in [1.54, 1.807) is 0 Å². The molecule has 6 heteroatoms. The van der Waals surface area contributed by atoms with Crippen molar-refractivity contribution >= 4 is 29.4 Å². The van der Waals surface area contributed by atoms with Gasteiger partial charge in [0.25, 0.3) is 5.91 Å². The Labute approximate surface area is 243 Å². The standard InChI is InChI=1S/C35H40N4O2/c1-3-18-38(19-4-2)35(41)31-22-30-15-14-29(23-32(30)37-33(36)24-31)26-10-12-28(13-11-26)34(40)39-20-16-27(17-21-39)25-8-6-5-7-9-25/h5-15,22-23,27H,3-4,16-21,24H2,1-2H3,(H2,36,37). The molecule has 0 bridgehead atoms. The average Bonchev–Trinajstić information content (AvgIpc) is 3.18. The van der Waals surface area contributed by atoms with E-state index in [9.17, 15) is 9.59 Å². The minimum atomic E-state index is 0.0355. The zero-order chi connectivity index (χ0) is 28.8. The molecule has 5 rings (SSSR count). The van der Waals surface area contributed by atoms with E-state index in [2.05, 4.69) is 43.1 Å². The number of benzene rings is 3. The van der Waals surface area contributed by atoms with E-state index in [4.69, 9.17) is 5.73 Å². The fourth-order valence-electron chi connectivity index (χ4n) is 5.89. The van der Waals surface area contributed by atoms with Gasteiger partial charge in [0, 0.05) is 49.3 Å². The van der Waals surface area contributed by atoms with Gasteiger partial charge >= 0.3 is 0 Å². The fraction of sp³-hybridized carbons (Fsp3) is 0.343. The lowest BCUT2D eigenvalue weighted by molar-refractivity contribution is -0.127. The third-order valence-electron chi connectivity index (χ3n) is 8.06. The van der Waals surface area contributed by atoms with Crippen molar-refractivity contribution in [1.29, 1.82) is 0 Å². The number of carbonyl (C=O) groups is 2. The fourth-order valence-corrected chi connectivity index (χ4v) is 5.89. The van der Waals surface area contributed by atoms with Crippen molar-refractivity contribution in [3.63, 3.8) is 0 Å². The van der Waals surface area contributed by atoms with Crippen LogP contribution in [0.1, 0.15) is 73.4 Å². The highest BCUT2D eigenvalue weighted by Gasteiger charge is 2.25. The molecule has 0 atom stereocenters. The minimum Gasteiger partial charge on any atom is -0.387 e. The third-order valence-corrected chi connectivity index (χ3v) is 8.06. The molecule has 2 aliphatic rings. The third kappa shape index (κ3) is 6.59. The molecule has 0 saturated carbocycles. The van der Waals surface area contributed by atoms with Crippen molar-refractivity contribution in [3.8, 4) is 11.1 Å². The molecule has 0 aromatic heterocycles. The molecule has 41 heavy (non-hydrogen) atoms. The zero-order valence-electron chi connectivity index (χ0n) is 24.2. The lowest BCUT2D eigenvalue weighted by Gasteiger charge is -2.32. The summed E-state index contributed by atoms with van der Waals surface area (Å²) in [6, 6.07) is 24.5. The van der Waals surface area contributed by atoms with Gasteiger partial charge < -0.3 is 15.5 Å². The van der Waals surface area contributed by atoms with Gasteiger partial charge in [-0.1, -0.05) is 68.4 Å². The first kappa shape index (κ1) is 28.3. The number of aliphatic imine (C=N–C) groups is 1. The number of likely N-dealkylation sites (tertiary alicyclic amines) is 1. The molecule has 0 spiro atoms. The van der Waals surface area contributed by atoms with Gasteiger partial charge in [0.1, 0.15) is 5.84 Å². The van der Waals surface area contributed by atoms with Crippen LogP contribution in [0.5, 0.6) is 0 Å². The number of fused-ring (bicyclic) bond motifs is 1. The number of amides is 2. The summed E-state index contributed by atoms with van der Waals surface area (Å²) < 4.78 is 0. The second kappa shape index (κ2) is 13.0. The molecule has 212 valence electrons. The van der Waals surface area contributed by atoms with Crippen LogP contribution in [0.15, 0.2) is 83.4 Å². The highest BCUT2D eigenvalue weighted by atomic mass is 16.2. The van der Waals surface area contributed by atoms with Crippen LogP contribution in [0.3, 0.4) is 0 Å². The Kier molecular flexibility index (Phi) is 8.98. The van der Waals surface area contributed by atoms with Crippen molar-refractivity contribution in [3.05, 3.63) is 95.1 Å². The summed E-state index contributed by atoms with van der Waals surface area (Å²) in [4.78, 5) is 35.0. The highest BCUT2D eigenvalue weighted by Crippen LogP contribution is 2.33. The van der Waals surface area contributed by atoms with Gasteiger partial charge in [0.2, 0.25) is 5.91 Å². The van der Waals surface area contributed by atoms with Gasteiger partial charge in [0.15, 0.2) is 0 Å². The van der Waals surface area contributed by atoms with E-state index in [0.717, 1.165) is 74.2 Å². The number of nitrogens with two attached hydrogens (primary N) is 1. The van der Waals surface area contributed by atoms with E-state index in [-0.39, 0.29) is 11.8 Å². The van der Waals surface area contributed by atoms with Crippen LogP contribution in [0.4, 0.5) is 5.69 Å². The molecule has 2 N–H and O–H groups in total. The highest BCUT2D eigenvalue weighted by molar-refractivity contribution is 6.05. The van der Waals surface area contributed by atoms with Crippen molar-refractivity contribution in [1.82, 2.24) is 9.80 Å². The maximum atomic E-state index is 13.3. The van der Waals surface area contributed by atoms with Crippen LogP contribution >= 0.6 is 0 Å². The monoisotopic (exact) mass is 548 g/mol. The number of hydrogen-bond donors (Lipinski definition) is 1. The number of amidine groups is 1.